The Balaban J connectivity index is 2.74. The molecule has 16 heavy (non-hydrogen) atoms. The summed E-state index contributed by atoms with van der Waals surface area (Å²) in [7, 11) is 0. The number of benzene rings is 1. The molecule has 2 N–H and O–H groups in total. The SMILES string of the molecule is CCC(NC(C)C)C(O)c1ccc(F)cc1. The lowest BCUT2D eigenvalue weighted by molar-refractivity contribution is 0.121. The van der Waals surface area contributed by atoms with Crippen LogP contribution in [0.4, 0.5) is 4.39 Å². The highest BCUT2D eigenvalue weighted by atomic mass is 19.1. The molecule has 0 aliphatic heterocycles. The van der Waals surface area contributed by atoms with Crippen LogP contribution < -0.4 is 5.32 Å². The van der Waals surface area contributed by atoms with Gasteiger partial charge in [0.2, 0.25) is 0 Å². The summed E-state index contributed by atoms with van der Waals surface area (Å²) < 4.78 is 12.7. The largest absolute Gasteiger partial charge is 0.387 e. The second kappa shape index (κ2) is 5.97. The minimum absolute atomic E-state index is 0.00506. The maximum Gasteiger partial charge on any atom is 0.123 e. The Labute approximate surface area is 96.5 Å². The molecule has 2 atom stereocenters. The van der Waals surface area contributed by atoms with Crippen molar-refractivity contribution in [1.82, 2.24) is 5.32 Å². The highest BCUT2D eigenvalue weighted by Gasteiger charge is 2.19. The zero-order valence-corrected chi connectivity index (χ0v) is 10.1. The topological polar surface area (TPSA) is 32.3 Å². The molecule has 0 radical (unpaired) electrons. The zero-order chi connectivity index (χ0) is 12.1. The van der Waals surface area contributed by atoms with Gasteiger partial charge in [0, 0.05) is 12.1 Å². The quantitative estimate of drug-likeness (QED) is 0.807. The smallest absolute Gasteiger partial charge is 0.123 e. The third-order valence-corrected chi connectivity index (χ3v) is 2.58. The number of hydrogen-bond donors (Lipinski definition) is 2. The Morgan fingerprint density at radius 3 is 2.25 bits per heavy atom. The Morgan fingerprint density at radius 1 is 1.25 bits per heavy atom. The van der Waals surface area contributed by atoms with Gasteiger partial charge in [0.05, 0.1) is 6.10 Å². The summed E-state index contributed by atoms with van der Waals surface area (Å²) in [4.78, 5) is 0. The van der Waals surface area contributed by atoms with E-state index in [1.54, 1.807) is 12.1 Å². The van der Waals surface area contributed by atoms with Crippen LogP contribution in [0.5, 0.6) is 0 Å². The third kappa shape index (κ3) is 3.58. The van der Waals surface area contributed by atoms with Gasteiger partial charge >= 0.3 is 0 Å². The molecule has 1 rings (SSSR count). The van der Waals surface area contributed by atoms with Gasteiger partial charge in [-0.05, 0) is 24.1 Å². The fraction of sp³-hybridized carbons (Fsp3) is 0.538. The first-order valence-corrected chi connectivity index (χ1v) is 5.74. The summed E-state index contributed by atoms with van der Waals surface area (Å²) >= 11 is 0. The summed E-state index contributed by atoms with van der Waals surface area (Å²) in [5, 5.41) is 13.4. The normalized spacial score (nSPS) is 15.1. The van der Waals surface area contributed by atoms with E-state index < -0.39 is 6.10 Å². The van der Waals surface area contributed by atoms with Crippen LogP contribution in [0.2, 0.25) is 0 Å². The van der Waals surface area contributed by atoms with Gasteiger partial charge in [0.15, 0.2) is 0 Å². The van der Waals surface area contributed by atoms with Crippen molar-refractivity contribution in [3.63, 3.8) is 0 Å². The second-order valence-electron chi connectivity index (χ2n) is 4.33. The van der Waals surface area contributed by atoms with Gasteiger partial charge in [-0.1, -0.05) is 32.9 Å². The Morgan fingerprint density at radius 2 is 1.81 bits per heavy atom. The van der Waals surface area contributed by atoms with Gasteiger partial charge in [0.1, 0.15) is 5.82 Å². The number of nitrogens with one attached hydrogen (secondary N) is 1. The van der Waals surface area contributed by atoms with E-state index in [0.29, 0.717) is 6.04 Å². The number of hydrogen-bond acceptors (Lipinski definition) is 2. The molecule has 0 aliphatic carbocycles. The Hall–Kier alpha value is -0.930. The van der Waals surface area contributed by atoms with Crippen LogP contribution >= 0.6 is 0 Å². The Kier molecular flexibility index (Phi) is 4.90. The van der Waals surface area contributed by atoms with E-state index in [0.717, 1.165) is 12.0 Å². The molecule has 0 spiro atoms. The average molecular weight is 225 g/mol. The second-order valence-corrected chi connectivity index (χ2v) is 4.33. The molecular weight excluding hydrogens is 205 g/mol. The zero-order valence-electron chi connectivity index (χ0n) is 10.1. The van der Waals surface area contributed by atoms with Gasteiger partial charge in [-0.3, -0.25) is 0 Å². The fourth-order valence-corrected chi connectivity index (χ4v) is 1.75. The van der Waals surface area contributed by atoms with Crippen LogP contribution in [0.1, 0.15) is 38.9 Å². The highest BCUT2D eigenvalue weighted by Crippen LogP contribution is 2.19. The van der Waals surface area contributed by atoms with Gasteiger partial charge in [-0.15, -0.1) is 0 Å². The molecule has 1 aromatic carbocycles. The number of rotatable bonds is 5. The average Bonchev–Trinajstić information content (AvgIpc) is 2.25. The minimum Gasteiger partial charge on any atom is -0.387 e. The van der Waals surface area contributed by atoms with Crippen LogP contribution in [0, 0.1) is 5.82 Å². The molecule has 3 heteroatoms. The summed E-state index contributed by atoms with van der Waals surface area (Å²) in [5.41, 5.74) is 0.751. The highest BCUT2D eigenvalue weighted by molar-refractivity contribution is 5.19. The third-order valence-electron chi connectivity index (χ3n) is 2.58. The first-order chi connectivity index (χ1) is 7.54. The van der Waals surface area contributed by atoms with Crippen LogP contribution in [0.25, 0.3) is 0 Å². The maximum atomic E-state index is 12.7. The van der Waals surface area contributed by atoms with Crippen molar-refractivity contribution in [3.8, 4) is 0 Å². The Bertz CT molecular complexity index is 310. The molecule has 0 aliphatic rings. The summed E-state index contributed by atoms with van der Waals surface area (Å²) in [6.45, 7) is 6.10. The lowest BCUT2D eigenvalue weighted by atomic mass is 9.99. The van der Waals surface area contributed by atoms with E-state index in [2.05, 4.69) is 5.32 Å². The number of aliphatic hydroxyl groups excluding tert-OH is 1. The molecule has 0 amide bonds. The molecule has 0 heterocycles. The summed E-state index contributed by atoms with van der Waals surface area (Å²) in [6.07, 6.45) is 0.240. The van der Waals surface area contributed by atoms with Crippen molar-refractivity contribution in [2.24, 2.45) is 0 Å². The van der Waals surface area contributed by atoms with Crippen LogP contribution in [-0.2, 0) is 0 Å². The number of aliphatic hydroxyl groups is 1. The molecule has 0 saturated carbocycles. The number of halogens is 1. The van der Waals surface area contributed by atoms with Crippen LogP contribution in [0.15, 0.2) is 24.3 Å². The predicted octanol–water partition coefficient (Wildman–Crippen LogP) is 2.64. The summed E-state index contributed by atoms with van der Waals surface area (Å²) in [5.74, 6) is -0.277. The fourth-order valence-electron chi connectivity index (χ4n) is 1.75. The minimum atomic E-state index is -0.590. The van der Waals surface area contributed by atoms with E-state index in [1.807, 2.05) is 20.8 Å². The van der Waals surface area contributed by atoms with E-state index in [9.17, 15) is 9.50 Å². The van der Waals surface area contributed by atoms with Crippen molar-refractivity contribution in [1.29, 1.82) is 0 Å². The monoisotopic (exact) mass is 225 g/mol. The van der Waals surface area contributed by atoms with Crippen molar-refractivity contribution in [3.05, 3.63) is 35.6 Å². The van der Waals surface area contributed by atoms with Crippen molar-refractivity contribution >= 4 is 0 Å². The van der Waals surface area contributed by atoms with Gasteiger partial charge in [-0.2, -0.15) is 0 Å². The van der Waals surface area contributed by atoms with Crippen LogP contribution in [0.3, 0.4) is 0 Å². The molecular formula is C13H20FNO. The molecule has 0 aromatic heterocycles. The molecule has 0 fully saturated rings. The standard InChI is InChI=1S/C13H20FNO/c1-4-12(15-9(2)3)13(16)10-5-7-11(14)8-6-10/h5-9,12-13,15-16H,4H2,1-3H3. The molecule has 0 bridgehead atoms. The van der Waals surface area contributed by atoms with Gasteiger partial charge < -0.3 is 10.4 Å². The lowest BCUT2D eigenvalue weighted by Crippen LogP contribution is -2.38. The van der Waals surface area contributed by atoms with Crippen molar-refractivity contribution < 1.29 is 9.50 Å². The van der Waals surface area contributed by atoms with E-state index in [4.69, 9.17) is 0 Å². The molecule has 1 aromatic rings. The molecule has 0 saturated heterocycles. The van der Waals surface area contributed by atoms with Gasteiger partial charge in [-0.25, -0.2) is 4.39 Å². The first kappa shape index (κ1) is 13.1. The molecule has 90 valence electrons. The molecule has 2 nitrogen and oxygen atoms in total. The maximum absolute atomic E-state index is 12.7. The van der Waals surface area contributed by atoms with Gasteiger partial charge in [0.25, 0.3) is 0 Å². The molecule has 2 unspecified atom stereocenters. The summed E-state index contributed by atoms with van der Waals surface area (Å²) in [6, 6.07) is 6.34. The van der Waals surface area contributed by atoms with Crippen molar-refractivity contribution in [2.45, 2.75) is 45.4 Å². The van der Waals surface area contributed by atoms with E-state index in [1.165, 1.54) is 12.1 Å². The first-order valence-electron chi connectivity index (χ1n) is 5.74. The lowest BCUT2D eigenvalue weighted by Gasteiger charge is -2.25. The van der Waals surface area contributed by atoms with Crippen LogP contribution in [-0.4, -0.2) is 17.2 Å². The predicted molar refractivity (Wildman–Crippen MR) is 63.7 cm³/mol. The van der Waals surface area contributed by atoms with Crippen molar-refractivity contribution in [2.75, 3.05) is 0 Å². The van der Waals surface area contributed by atoms with E-state index >= 15 is 0 Å². The van der Waals surface area contributed by atoms with E-state index in [-0.39, 0.29) is 11.9 Å².